The first-order chi connectivity index (χ1) is 6.86. The van der Waals surface area contributed by atoms with E-state index in [-0.39, 0.29) is 12.4 Å². The van der Waals surface area contributed by atoms with Crippen LogP contribution in [0.3, 0.4) is 0 Å². The summed E-state index contributed by atoms with van der Waals surface area (Å²) in [6, 6.07) is 6.06. The first-order valence-electron chi connectivity index (χ1n) is 4.94. The van der Waals surface area contributed by atoms with E-state index in [0.717, 1.165) is 36.6 Å². The Morgan fingerprint density at radius 2 is 2.13 bits per heavy atom. The van der Waals surface area contributed by atoms with Crippen LogP contribution in [0.15, 0.2) is 22.8 Å². The monoisotopic (exact) mass is 291 g/mol. The van der Waals surface area contributed by atoms with Gasteiger partial charge in [-0.3, -0.25) is 0 Å². The fourth-order valence-electron chi connectivity index (χ4n) is 1.65. The Labute approximate surface area is 105 Å². The van der Waals surface area contributed by atoms with Gasteiger partial charge in [-0.05, 0) is 41.0 Å². The SMILES string of the molecule is Brc1cccc(N2CCCNCC2)n1.Cl. The normalized spacial score (nSPS) is 16.7. The molecule has 0 amide bonds. The highest BCUT2D eigenvalue weighted by atomic mass is 79.9. The minimum absolute atomic E-state index is 0. The van der Waals surface area contributed by atoms with Crippen molar-refractivity contribution in [1.29, 1.82) is 0 Å². The molecule has 0 radical (unpaired) electrons. The molecule has 1 aliphatic heterocycles. The lowest BCUT2D eigenvalue weighted by Gasteiger charge is -2.20. The van der Waals surface area contributed by atoms with Crippen molar-refractivity contribution in [1.82, 2.24) is 10.3 Å². The number of pyridine rings is 1. The van der Waals surface area contributed by atoms with Gasteiger partial charge in [0, 0.05) is 19.6 Å². The quantitative estimate of drug-likeness (QED) is 0.803. The third-order valence-electron chi connectivity index (χ3n) is 2.36. The summed E-state index contributed by atoms with van der Waals surface area (Å²) in [6.07, 6.45) is 1.19. The fourth-order valence-corrected chi connectivity index (χ4v) is 1.98. The predicted molar refractivity (Wildman–Crippen MR) is 68.9 cm³/mol. The second-order valence-corrected chi connectivity index (χ2v) is 4.22. The smallest absolute Gasteiger partial charge is 0.129 e. The zero-order chi connectivity index (χ0) is 9.80. The van der Waals surface area contributed by atoms with E-state index in [1.165, 1.54) is 6.42 Å². The van der Waals surface area contributed by atoms with Gasteiger partial charge in [0.25, 0.3) is 0 Å². The first kappa shape index (κ1) is 12.7. The molecule has 0 spiro atoms. The molecule has 1 aromatic rings. The van der Waals surface area contributed by atoms with E-state index >= 15 is 0 Å². The van der Waals surface area contributed by atoms with Gasteiger partial charge < -0.3 is 10.2 Å². The maximum atomic E-state index is 4.45. The molecule has 1 aromatic heterocycles. The Morgan fingerprint density at radius 1 is 1.27 bits per heavy atom. The molecule has 1 fully saturated rings. The molecule has 1 saturated heterocycles. The van der Waals surface area contributed by atoms with Gasteiger partial charge >= 0.3 is 0 Å². The summed E-state index contributed by atoms with van der Waals surface area (Å²) >= 11 is 3.39. The molecule has 5 heteroatoms. The minimum Gasteiger partial charge on any atom is -0.355 e. The minimum atomic E-state index is 0. The molecule has 0 aliphatic carbocycles. The van der Waals surface area contributed by atoms with Crippen molar-refractivity contribution in [2.75, 3.05) is 31.1 Å². The van der Waals surface area contributed by atoms with Crippen LogP contribution in [-0.4, -0.2) is 31.2 Å². The molecule has 2 rings (SSSR count). The van der Waals surface area contributed by atoms with Crippen molar-refractivity contribution in [2.24, 2.45) is 0 Å². The number of hydrogen-bond acceptors (Lipinski definition) is 3. The highest BCUT2D eigenvalue weighted by Crippen LogP contribution is 2.15. The fraction of sp³-hybridized carbons (Fsp3) is 0.500. The molecule has 0 bridgehead atoms. The van der Waals surface area contributed by atoms with Gasteiger partial charge in [-0.1, -0.05) is 6.07 Å². The average molecular weight is 293 g/mol. The summed E-state index contributed by atoms with van der Waals surface area (Å²) < 4.78 is 0.909. The Balaban J connectivity index is 0.00000112. The second kappa shape index (κ2) is 6.30. The molecule has 0 unspecified atom stereocenters. The third kappa shape index (κ3) is 3.63. The first-order valence-corrected chi connectivity index (χ1v) is 5.74. The van der Waals surface area contributed by atoms with Crippen LogP contribution < -0.4 is 10.2 Å². The molecular formula is C10H15BrClN3. The molecule has 3 nitrogen and oxygen atoms in total. The van der Waals surface area contributed by atoms with E-state index in [4.69, 9.17) is 0 Å². The van der Waals surface area contributed by atoms with Gasteiger partial charge in [0.15, 0.2) is 0 Å². The maximum absolute atomic E-state index is 4.45. The lowest BCUT2D eigenvalue weighted by Crippen LogP contribution is -2.28. The lowest BCUT2D eigenvalue weighted by atomic mass is 10.3. The topological polar surface area (TPSA) is 28.2 Å². The van der Waals surface area contributed by atoms with Crippen LogP contribution in [0.2, 0.25) is 0 Å². The van der Waals surface area contributed by atoms with E-state index in [9.17, 15) is 0 Å². The van der Waals surface area contributed by atoms with Crippen LogP contribution in [-0.2, 0) is 0 Å². The van der Waals surface area contributed by atoms with Crippen LogP contribution in [0.25, 0.3) is 0 Å². The van der Waals surface area contributed by atoms with E-state index in [1.54, 1.807) is 0 Å². The van der Waals surface area contributed by atoms with Crippen LogP contribution in [0.4, 0.5) is 5.82 Å². The van der Waals surface area contributed by atoms with E-state index in [2.05, 4.69) is 37.2 Å². The number of halogens is 2. The Kier molecular flexibility index (Phi) is 5.36. The highest BCUT2D eigenvalue weighted by Gasteiger charge is 2.10. The number of rotatable bonds is 1. The summed E-state index contributed by atoms with van der Waals surface area (Å²) in [5, 5.41) is 3.38. The number of anilines is 1. The molecule has 1 aliphatic rings. The summed E-state index contributed by atoms with van der Waals surface area (Å²) in [6.45, 7) is 4.30. The van der Waals surface area contributed by atoms with E-state index in [1.807, 2.05) is 12.1 Å². The number of hydrogen-bond donors (Lipinski definition) is 1. The molecule has 15 heavy (non-hydrogen) atoms. The van der Waals surface area contributed by atoms with E-state index < -0.39 is 0 Å². The van der Waals surface area contributed by atoms with Gasteiger partial charge in [-0.25, -0.2) is 4.98 Å². The summed E-state index contributed by atoms with van der Waals surface area (Å²) in [5.41, 5.74) is 0. The summed E-state index contributed by atoms with van der Waals surface area (Å²) in [7, 11) is 0. The number of nitrogens with zero attached hydrogens (tertiary/aromatic N) is 2. The lowest BCUT2D eigenvalue weighted by molar-refractivity contribution is 0.724. The molecule has 0 aromatic carbocycles. The van der Waals surface area contributed by atoms with Gasteiger partial charge in [-0.15, -0.1) is 12.4 Å². The van der Waals surface area contributed by atoms with E-state index in [0.29, 0.717) is 0 Å². The largest absolute Gasteiger partial charge is 0.355 e. The maximum Gasteiger partial charge on any atom is 0.129 e. The van der Waals surface area contributed by atoms with Crippen LogP contribution in [0.1, 0.15) is 6.42 Å². The van der Waals surface area contributed by atoms with Crippen LogP contribution in [0.5, 0.6) is 0 Å². The van der Waals surface area contributed by atoms with Crippen molar-refractivity contribution in [3.8, 4) is 0 Å². The Bertz CT molecular complexity index is 300. The van der Waals surface area contributed by atoms with Gasteiger partial charge in [0.05, 0.1) is 0 Å². The average Bonchev–Trinajstić information content (AvgIpc) is 2.45. The zero-order valence-electron chi connectivity index (χ0n) is 8.45. The zero-order valence-corrected chi connectivity index (χ0v) is 10.9. The number of nitrogens with one attached hydrogen (secondary N) is 1. The molecule has 2 heterocycles. The van der Waals surface area contributed by atoms with Crippen molar-refractivity contribution >= 4 is 34.2 Å². The van der Waals surface area contributed by atoms with Crippen molar-refractivity contribution in [3.05, 3.63) is 22.8 Å². The summed E-state index contributed by atoms with van der Waals surface area (Å²) in [4.78, 5) is 6.78. The molecule has 0 atom stereocenters. The molecule has 1 N–H and O–H groups in total. The van der Waals surface area contributed by atoms with Gasteiger partial charge in [0.2, 0.25) is 0 Å². The van der Waals surface area contributed by atoms with Crippen molar-refractivity contribution in [3.63, 3.8) is 0 Å². The number of aromatic nitrogens is 1. The predicted octanol–water partition coefficient (Wildman–Crippen LogP) is 2.07. The standard InChI is InChI=1S/C10H14BrN3.ClH/c11-9-3-1-4-10(13-9)14-7-2-5-12-6-8-14;/h1,3-4,12H,2,5-8H2;1H. The van der Waals surface area contributed by atoms with Gasteiger partial charge in [0.1, 0.15) is 10.4 Å². The van der Waals surface area contributed by atoms with Gasteiger partial charge in [-0.2, -0.15) is 0 Å². The van der Waals surface area contributed by atoms with Crippen molar-refractivity contribution < 1.29 is 0 Å². The molecular weight excluding hydrogens is 277 g/mol. The molecule has 0 saturated carbocycles. The van der Waals surface area contributed by atoms with Crippen LogP contribution >= 0.6 is 28.3 Å². The molecule has 84 valence electrons. The summed E-state index contributed by atoms with van der Waals surface area (Å²) in [5.74, 6) is 1.07. The van der Waals surface area contributed by atoms with Crippen LogP contribution in [0, 0.1) is 0 Å². The third-order valence-corrected chi connectivity index (χ3v) is 2.81. The van der Waals surface area contributed by atoms with Crippen molar-refractivity contribution in [2.45, 2.75) is 6.42 Å². The Morgan fingerprint density at radius 3 is 2.93 bits per heavy atom. The second-order valence-electron chi connectivity index (χ2n) is 3.41. The Hall–Kier alpha value is -0.320. The highest BCUT2D eigenvalue weighted by molar-refractivity contribution is 9.10.